The minimum atomic E-state index is -3.70. The van der Waals surface area contributed by atoms with Crippen LogP contribution in [0.15, 0.2) is 50.7 Å². The monoisotopic (exact) mass is 342 g/mol. The predicted octanol–water partition coefficient (Wildman–Crippen LogP) is 2.25. The van der Waals surface area contributed by atoms with Crippen molar-refractivity contribution in [2.75, 3.05) is 4.72 Å². The maximum absolute atomic E-state index is 12.1. The molecule has 2 aromatic rings. The summed E-state index contributed by atoms with van der Waals surface area (Å²) >= 11 is 3.31. The number of H-pyrrole nitrogens is 1. The molecule has 2 rings (SSSR count). The van der Waals surface area contributed by atoms with Crippen molar-refractivity contribution < 1.29 is 8.42 Å². The standard InChI is InChI=1S/C12H11BrN2O3S/c1-8-6-9(13)2-4-11(8)15-19(17,18)10-3-5-12(16)14-7-10/h2-7,15H,1H3,(H,14,16). The van der Waals surface area contributed by atoms with Crippen LogP contribution in [-0.4, -0.2) is 13.4 Å². The lowest BCUT2D eigenvalue weighted by molar-refractivity contribution is 0.600. The molecule has 7 heteroatoms. The highest BCUT2D eigenvalue weighted by Crippen LogP contribution is 2.22. The van der Waals surface area contributed by atoms with E-state index < -0.39 is 10.0 Å². The third kappa shape index (κ3) is 3.24. The van der Waals surface area contributed by atoms with Crippen molar-refractivity contribution in [1.82, 2.24) is 4.98 Å². The van der Waals surface area contributed by atoms with Crippen molar-refractivity contribution in [2.24, 2.45) is 0 Å². The first-order valence-electron chi connectivity index (χ1n) is 5.36. The zero-order chi connectivity index (χ0) is 14.0. The molecule has 0 amide bonds. The summed E-state index contributed by atoms with van der Waals surface area (Å²) in [6.45, 7) is 1.80. The second-order valence-corrected chi connectivity index (χ2v) is 6.55. The van der Waals surface area contributed by atoms with Crippen LogP contribution in [-0.2, 0) is 10.0 Å². The number of rotatable bonds is 3. The Balaban J connectivity index is 2.36. The van der Waals surface area contributed by atoms with Crippen molar-refractivity contribution >= 4 is 31.6 Å². The fourth-order valence-electron chi connectivity index (χ4n) is 1.51. The van der Waals surface area contributed by atoms with Crippen LogP contribution < -0.4 is 10.3 Å². The van der Waals surface area contributed by atoms with Gasteiger partial charge in [-0.25, -0.2) is 8.42 Å². The van der Waals surface area contributed by atoms with Crippen molar-refractivity contribution in [3.8, 4) is 0 Å². The number of nitrogens with one attached hydrogen (secondary N) is 2. The van der Waals surface area contributed by atoms with Crippen LogP contribution in [0.4, 0.5) is 5.69 Å². The van der Waals surface area contributed by atoms with Crippen LogP contribution in [0, 0.1) is 6.92 Å². The summed E-state index contributed by atoms with van der Waals surface area (Å²) < 4.78 is 27.6. The summed E-state index contributed by atoms with van der Waals surface area (Å²) in [5.41, 5.74) is 0.940. The summed E-state index contributed by atoms with van der Waals surface area (Å²) in [5, 5.41) is 0. The molecule has 0 bridgehead atoms. The van der Waals surface area contributed by atoms with E-state index in [-0.39, 0.29) is 10.5 Å². The Bertz CT molecular complexity index is 748. The largest absolute Gasteiger partial charge is 0.328 e. The van der Waals surface area contributed by atoms with Gasteiger partial charge in [0.05, 0.1) is 5.69 Å². The number of pyridine rings is 1. The van der Waals surface area contributed by atoms with Gasteiger partial charge in [-0.2, -0.15) is 0 Å². The fourth-order valence-corrected chi connectivity index (χ4v) is 3.08. The Morgan fingerprint density at radius 1 is 1.21 bits per heavy atom. The molecule has 100 valence electrons. The van der Waals surface area contributed by atoms with Gasteiger partial charge in [-0.15, -0.1) is 0 Å². The van der Waals surface area contributed by atoms with Gasteiger partial charge in [-0.3, -0.25) is 9.52 Å². The van der Waals surface area contributed by atoms with Gasteiger partial charge in [-0.1, -0.05) is 15.9 Å². The normalized spacial score (nSPS) is 11.3. The summed E-state index contributed by atoms with van der Waals surface area (Å²) in [6, 6.07) is 7.66. The van der Waals surface area contributed by atoms with Crippen LogP contribution in [0.5, 0.6) is 0 Å². The molecule has 0 aliphatic rings. The topological polar surface area (TPSA) is 79.0 Å². The van der Waals surface area contributed by atoms with Crippen molar-refractivity contribution in [3.63, 3.8) is 0 Å². The fraction of sp³-hybridized carbons (Fsp3) is 0.0833. The lowest BCUT2D eigenvalue weighted by Gasteiger charge is -2.10. The average molecular weight is 343 g/mol. The maximum atomic E-state index is 12.1. The lowest BCUT2D eigenvalue weighted by Crippen LogP contribution is -2.15. The molecule has 1 aromatic heterocycles. The average Bonchev–Trinajstić information content (AvgIpc) is 2.33. The Hall–Kier alpha value is -1.60. The third-order valence-corrected chi connectivity index (χ3v) is 4.36. The molecule has 0 atom stereocenters. The van der Waals surface area contributed by atoms with Gasteiger partial charge in [0.15, 0.2) is 0 Å². The first-order valence-corrected chi connectivity index (χ1v) is 7.64. The number of sulfonamides is 1. The summed E-state index contributed by atoms with van der Waals surface area (Å²) in [7, 11) is -3.70. The van der Waals surface area contributed by atoms with Gasteiger partial charge in [0, 0.05) is 16.7 Å². The SMILES string of the molecule is Cc1cc(Br)ccc1NS(=O)(=O)c1ccc(=O)[nH]c1. The molecular weight excluding hydrogens is 332 g/mol. The van der Waals surface area contributed by atoms with E-state index in [1.807, 2.05) is 6.07 Å². The summed E-state index contributed by atoms with van der Waals surface area (Å²) in [6.07, 6.45) is 1.17. The second-order valence-electron chi connectivity index (χ2n) is 3.95. The van der Waals surface area contributed by atoms with Crippen molar-refractivity contribution in [3.05, 3.63) is 56.9 Å². The highest BCUT2D eigenvalue weighted by Gasteiger charge is 2.15. The number of hydrogen-bond donors (Lipinski definition) is 2. The van der Waals surface area contributed by atoms with Crippen LogP contribution >= 0.6 is 15.9 Å². The predicted molar refractivity (Wildman–Crippen MR) is 76.8 cm³/mol. The van der Waals surface area contributed by atoms with E-state index in [4.69, 9.17) is 0 Å². The molecular formula is C12H11BrN2O3S. The molecule has 5 nitrogen and oxygen atoms in total. The van der Waals surface area contributed by atoms with E-state index in [9.17, 15) is 13.2 Å². The van der Waals surface area contributed by atoms with Crippen molar-refractivity contribution in [2.45, 2.75) is 11.8 Å². The number of aryl methyl sites for hydroxylation is 1. The van der Waals surface area contributed by atoms with Gasteiger partial charge in [0.2, 0.25) is 5.56 Å². The van der Waals surface area contributed by atoms with E-state index in [1.54, 1.807) is 19.1 Å². The molecule has 0 saturated heterocycles. The first kappa shape index (κ1) is 13.8. The Morgan fingerprint density at radius 3 is 2.53 bits per heavy atom. The van der Waals surface area contributed by atoms with E-state index in [0.717, 1.165) is 10.0 Å². The molecule has 19 heavy (non-hydrogen) atoms. The molecule has 0 unspecified atom stereocenters. The van der Waals surface area contributed by atoms with Crippen LogP contribution in [0.2, 0.25) is 0 Å². The maximum Gasteiger partial charge on any atom is 0.263 e. The number of anilines is 1. The summed E-state index contributed by atoms with van der Waals surface area (Å²) in [5.74, 6) is 0. The molecule has 0 spiro atoms. The Labute approximate surface area is 118 Å². The molecule has 0 fully saturated rings. The minimum absolute atomic E-state index is 0.00872. The molecule has 1 heterocycles. The van der Waals surface area contributed by atoms with Crippen LogP contribution in [0.25, 0.3) is 0 Å². The summed E-state index contributed by atoms with van der Waals surface area (Å²) in [4.78, 5) is 13.3. The first-order chi connectivity index (χ1) is 8.88. The molecule has 0 radical (unpaired) electrons. The molecule has 0 aliphatic carbocycles. The number of halogens is 1. The zero-order valence-corrected chi connectivity index (χ0v) is 12.4. The molecule has 1 aromatic carbocycles. The zero-order valence-electron chi connectivity index (χ0n) is 9.98. The minimum Gasteiger partial charge on any atom is -0.328 e. The van der Waals surface area contributed by atoms with Gasteiger partial charge in [0.25, 0.3) is 10.0 Å². The van der Waals surface area contributed by atoms with Gasteiger partial charge < -0.3 is 4.98 Å². The van der Waals surface area contributed by atoms with Crippen molar-refractivity contribution in [1.29, 1.82) is 0 Å². The van der Waals surface area contributed by atoms with E-state index in [1.165, 1.54) is 18.3 Å². The van der Waals surface area contributed by atoms with Gasteiger partial charge in [-0.05, 0) is 36.8 Å². The molecule has 2 N–H and O–H groups in total. The third-order valence-electron chi connectivity index (χ3n) is 2.50. The molecule has 0 aliphatic heterocycles. The van der Waals surface area contributed by atoms with Crippen LogP contribution in [0.1, 0.15) is 5.56 Å². The highest BCUT2D eigenvalue weighted by atomic mass is 79.9. The smallest absolute Gasteiger partial charge is 0.263 e. The lowest BCUT2D eigenvalue weighted by atomic mass is 10.2. The second kappa shape index (κ2) is 5.18. The number of hydrogen-bond acceptors (Lipinski definition) is 3. The van der Waals surface area contributed by atoms with Gasteiger partial charge >= 0.3 is 0 Å². The van der Waals surface area contributed by atoms with E-state index in [2.05, 4.69) is 25.6 Å². The van der Waals surface area contributed by atoms with E-state index in [0.29, 0.717) is 5.69 Å². The highest BCUT2D eigenvalue weighted by molar-refractivity contribution is 9.10. The quantitative estimate of drug-likeness (QED) is 0.897. The number of aromatic nitrogens is 1. The molecule has 0 saturated carbocycles. The Kier molecular flexibility index (Phi) is 3.77. The van der Waals surface area contributed by atoms with Crippen LogP contribution in [0.3, 0.4) is 0 Å². The Morgan fingerprint density at radius 2 is 1.95 bits per heavy atom. The van der Waals surface area contributed by atoms with E-state index >= 15 is 0 Å². The number of benzene rings is 1. The van der Waals surface area contributed by atoms with Gasteiger partial charge in [0.1, 0.15) is 4.90 Å². The number of aromatic amines is 1.